The Morgan fingerprint density at radius 3 is 2.64 bits per heavy atom. The SMILES string of the molecule is CC(=O)C(Cl)c1cccc(C=O)c1C. The second-order valence-electron chi connectivity index (χ2n) is 3.15. The fourth-order valence-electron chi connectivity index (χ4n) is 1.29. The van der Waals surface area contributed by atoms with E-state index in [1.165, 1.54) is 6.92 Å². The monoisotopic (exact) mass is 210 g/mol. The van der Waals surface area contributed by atoms with Gasteiger partial charge in [-0.2, -0.15) is 0 Å². The van der Waals surface area contributed by atoms with E-state index in [4.69, 9.17) is 11.6 Å². The second kappa shape index (κ2) is 4.38. The predicted molar refractivity (Wildman–Crippen MR) is 55.8 cm³/mol. The van der Waals surface area contributed by atoms with E-state index in [2.05, 4.69) is 0 Å². The maximum Gasteiger partial charge on any atom is 0.152 e. The van der Waals surface area contributed by atoms with Crippen LogP contribution in [0.2, 0.25) is 0 Å². The van der Waals surface area contributed by atoms with Crippen molar-refractivity contribution in [3.05, 3.63) is 34.9 Å². The van der Waals surface area contributed by atoms with Gasteiger partial charge in [-0.25, -0.2) is 0 Å². The Morgan fingerprint density at radius 2 is 2.14 bits per heavy atom. The molecular weight excluding hydrogens is 200 g/mol. The van der Waals surface area contributed by atoms with Crippen molar-refractivity contribution in [2.24, 2.45) is 0 Å². The van der Waals surface area contributed by atoms with Crippen LogP contribution in [0.15, 0.2) is 18.2 Å². The summed E-state index contributed by atoms with van der Waals surface area (Å²) in [5, 5.41) is -0.658. The third-order valence-electron chi connectivity index (χ3n) is 2.17. The summed E-state index contributed by atoms with van der Waals surface area (Å²) in [4.78, 5) is 21.7. The molecule has 0 bridgehead atoms. The highest BCUT2D eigenvalue weighted by Gasteiger charge is 2.16. The molecule has 74 valence electrons. The highest BCUT2D eigenvalue weighted by molar-refractivity contribution is 6.31. The molecule has 3 heteroatoms. The van der Waals surface area contributed by atoms with E-state index in [0.717, 1.165) is 11.8 Å². The van der Waals surface area contributed by atoms with Crippen LogP contribution < -0.4 is 0 Å². The first-order valence-electron chi connectivity index (χ1n) is 4.27. The first-order valence-corrected chi connectivity index (χ1v) is 4.70. The van der Waals surface area contributed by atoms with Gasteiger partial charge in [-0.1, -0.05) is 18.2 Å². The Labute approximate surface area is 87.9 Å². The Morgan fingerprint density at radius 1 is 1.50 bits per heavy atom. The molecule has 14 heavy (non-hydrogen) atoms. The molecule has 0 radical (unpaired) electrons. The third-order valence-corrected chi connectivity index (χ3v) is 2.72. The van der Waals surface area contributed by atoms with Gasteiger partial charge in [-0.3, -0.25) is 9.59 Å². The Kier molecular flexibility index (Phi) is 3.42. The van der Waals surface area contributed by atoms with E-state index in [1.807, 2.05) is 0 Å². The van der Waals surface area contributed by atoms with Crippen LogP contribution in [0.1, 0.15) is 33.8 Å². The fraction of sp³-hybridized carbons (Fsp3) is 0.273. The van der Waals surface area contributed by atoms with Crippen LogP contribution in [0.25, 0.3) is 0 Å². The van der Waals surface area contributed by atoms with Crippen molar-refractivity contribution in [2.45, 2.75) is 19.2 Å². The minimum atomic E-state index is -0.658. The van der Waals surface area contributed by atoms with Crippen molar-refractivity contribution in [1.29, 1.82) is 0 Å². The third kappa shape index (κ3) is 2.02. The molecule has 1 unspecified atom stereocenters. The number of Topliss-reactive ketones (excluding diaryl/α,β-unsaturated/α-hetero) is 1. The lowest BCUT2D eigenvalue weighted by molar-refractivity contribution is -0.116. The molecule has 0 N–H and O–H groups in total. The number of alkyl halides is 1. The average molecular weight is 211 g/mol. The van der Waals surface area contributed by atoms with E-state index < -0.39 is 5.38 Å². The molecule has 0 aliphatic rings. The molecule has 0 amide bonds. The molecule has 1 atom stereocenters. The van der Waals surface area contributed by atoms with Crippen LogP contribution in [0.3, 0.4) is 0 Å². The molecule has 0 aliphatic heterocycles. The van der Waals surface area contributed by atoms with Crippen molar-refractivity contribution in [3.63, 3.8) is 0 Å². The average Bonchev–Trinajstić information content (AvgIpc) is 2.17. The van der Waals surface area contributed by atoms with Crippen LogP contribution in [-0.2, 0) is 4.79 Å². The van der Waals surface area contributed by atoms with Crippen LogP contribution in [0, 0.1) is 6.92 Å². The fourth-order valence-corrected chi connectivity index (χ4v) is 1.53. The number of hydrogen-bond donors (Lipinski definition) is 0. The largest absolute Gasteiger partial charge is 0.298 e. The summed E-state index contributed by atoms with van der Waals surface area (Å²) in [6.45, 7) is 3.22. The van der Waals surface area contributed by atoms with E-state index in [-0.39, 0.29) is 5.78 Å². The lowest BCUT2D eigenvalue weighted by atomic mass is 9.99. The molecule has 0 saturated carbocycles. The summed E-state index contributed by atoms with van der Waals surface area (Å²) in [6.07, 6.45) is 0.766. The van der Waals surface area contributed by atoms with Crippen molar-refractivity contribution in [3.8, 4) is 0 Å². The minimum absolute atomic E-state index is 0.113. The predicted octanol–water partition coefficient (Wildman–Crippen LogP) is 2.68. The minimum Gasteiger partial charge on any atom is -0.298 e. The van der Waals surface area contributed by atoms with Crippen molar-refractivity contribution in [1.82, 2.24) is 0 Å². The summed E-state index contributed by atoms with van der Waals surface area (Å²) < 4.78 is 0. The molecule has 0 fully saturated rings. The lowest BCUT2D eigenvalue weighted by Crippen LogP contribution is -2.05. The maximum absolute atomic E-state index is 11.1. The van der Waals surface area contributed by atoms with Crippen molar-refractivity contribution in [2.75, 3.05) is 0 Å². The number of carbonyl (C=O) groups excluding carboxylic acids is 2. The molecular formula is C11H11ClO2. The Balaban J connectivity index is 3.21. The molecule has 0 aromatic heterocycles. The van der Waals surface area contributed by atoms with Gasteiger partial charge in [-0.15, -0.1) is 11.6 Å². The number of ketones is 1. The maximum atomic E-state index is 11.1. The highest BCUT2D eigenvalue weighted by Crippen LogP contribution is 2.25. The number of rotatable bonds is 3. The molecule has 0 saturated heterocycles. The molecule has 1 aromatic carbocycles. The van der Waals surface area contributed by atoms with Gasteiger partial charge in [0.15, 0.2) is 5.78 Å². The van der Waals surface area contributed by atoms with Gasteiger partial charge < -0.3 is 0 Å². The van der Waals surface area contributed by atoms with Crippen molar-refractivity contribution < 1.29 is 9.59 Å². The summed E-state index contributed by atoms with van der Waals surface area (Å²) in [6, 6.07) is 5.20. The highest BCUT2D eigenvalue weighted by atomic mass is 35.5. The molecule has 2 nitrogen and oxygen atoms in total. The standard InChI is InChI=1S/C11H11ClO2/c1-7-9(6-13)4-3-5-10(7)11(12)8(2)14/h3-6,11H,1-2H3. The normalized spacial score (nSPS) is 12.2. The summed E-state index contributed by atoms with van der Waals surface area (Å²) >= 11 is 5.91. The van der Waals surface area contributed by atoms with Gasteiger partial charge >= 0.3 is 0 Å². The molecule has 1 rings (SSSR count). The molecule has 0 aliphatic carbocycles. The first kappa shape index (κ1) is 10.9. The molecule has 0 heterocycles. The lowest BCUT2D eigenvalue weighted by Gasteiger charge is -2.10. The van der Waals surface area contributed by atoms with E-state index in [1.54, 1.807) is 25.1 Å². The zero-order valence-electron chi connectivity index (χ0n) is 8.08. The Hall–Kier alpha value is -1.15. The van der Waals surface area contributed by atoms with Gasteiger partial charge in [0.05, 0.1) is 0 Å². The topological polar surface area (TPSA) is 34.1 Å². The Bertz CT molecular complexity index is 372. The van der Waals surface area contributed by atoms with Gasteiger partial charge in [0, 0.05) is 5.56 Å². The van der Waals surface area contributed by atoms with E-state index in [0.29, 0.717) is 11.1 Å². The number of benzene rings is 1. The van der Waals surface area contributed by atoms with E-state index in [9.17, 15) is 9.59 Å². The summed E-state index contributed by atoms with van der Waals surface area (Å²) in [5.41, 5.74) is 2.07. The number of carbonyl (C=O) groups is 2. The van der Waals surface area contributed by atoms with Crippen molar-refractivity contribution >= 4 is 23.7 Å². The summed E-state index contributed by atoms with van der Waals surface area (Å²) in [5.74, 6) is -0.113. The van der Waals surface area contributed by atoms with Crippen LogP contribution in [-0.4, -0.2) is 12.1 Å². The van der Waals surface area contributed by atoms with Gasteiger partial charge in [0.2, 0.25) is 0 Å². The molecule has 0 spiro atoms. The number of hydrogen-bond acceptors (Lipinski definition) is 2. The van der Waals surface area contributed by atoms with Gasteiger partial charge in [0.1, 0.15) is 11.7 Å². The zero-order valence-corrected chi connectivity index (χ0v) is 8.84. The second-order valence-corrected chi connectivity index (χ2v) is 3.59. The smallest absolute Gasteiger partial charge is 0.152 e. The van der Waals surface area contributed by atoms with Crippen LogP contribution in [0.4, 0.5) is 0 Å². The van der Waals surface area contributed by atoms with Gasteiger partial charge in [-0.05, 0) is 25.0 Å². The number of halogens is 1. The zero-order chi connectivity index (χ0) is 10.7. The van der Waals surface area contributed by atoms with Crippen LogP contribution >= 0.6 is 11.6 Å². The van der Waals surface area contributed by atoms with E-state index >= 15 is 0 Å². The van der Waals surface area contributed by atoms with Crippen LogP contribution in [0.5, 0.6) is 0 Å². The summed E-state index contributed by atoms with van der Waals surface area (Å²) in [7, 11) is 0. The quantitative estimate of drug-likeness (QED) is 0.568. The molecule has 1 aromatic rings. The van der Waals surface area contributed by atoms with Gasteiger partial charge in [0.25, 0.3) is 0 Å². The number of aldehydes is 1. The first-order chi connectivity index (χ1) is 6.57.